The van der Waals surface area contributed by atoms with E-state index < -0.39 is 0 Å². The number of rotatable bonds is 0. The van der Waals surface area contributed by atoms with E-state index in [4.69, 9.17) is 4.74 Å². The molecule has 3 heteroatoms. The van der Waals surface area contributed by atoms with Crippen molar-refractivity contribution < 1.29 is 4.74 Å². The lowest BCUT2D eigenvalue weighted by Crippen LogP contribution is -2.33. The molecule has 3 rings (SSSR count). The molecule has 0 unspecified atom stereocenters. The van der Waals surface area contributed by atoms with Crippen LogP contribution in [-0.4, -0.2) is 17.1 Å². The van der Waals surface area contributed by atoms with Crippen LogP contribution in [0.1, 0.15) is 39.2 Å². The molecule has 0 amide bonds. The molecule has 16 heavy (non-hydrogen) atoms. The van der Waals surface area contributed by atoms with E-state index in [9.17, 15) is 0 Å². The van der Waals surface area contributed by atoms with Crippen LogP contribution >= 0.6 is 0 Å². The fourth-order valence-electron chi connectivity index (χ4n) is 2.00. The number of hydrogen-bond donors (Lipinski definition) is 1. The Hall–Kier alpha value is -1.25. The molecule has 1 fully saturated rings. The van der Waals surface area contributed by atoms with E-state index in [-0.39, 0.29) is 11.0 Å². The molecule has 0 atom stereocenters. The van der Waals surface area contributed by atoms with Crippen LogP contribution < -0.4 is 10.1 Å². The largest absolute Gasteiger partial charge is 0.482 e. The number of pyridine rings is 1. The second kappa shape index (κ2) is 2.90. The molecule has 0 radical (unpaired) electrons. The van der Waals surface area contributed by atoms with E-state index in [1.54, 1.807) is 0 Å². The van der Waals surface area contributed by atoms with Crippen LogP contribution in [0.5, 0.6) is 5.75 Å². The van der Waals surface area contributed by atoms with Gasteiger partial charge >= 0.3 is 0 Å². The third-order valence-electron chi connectivity index (χ3n) is 3.43. The van der Waals surface area contributed by atoms with Gasteiger partial charge in [-0.25, -0.2) is 4.98 Å². The molecule has 1 N–H and O–H groups in total. The number of fused-ring (bicyclic) bond motifs is 1. The van der Waals surface area contributed by atoms with Crippen LogP contribution in [0.3, 0.4) is 0 Å². The lowest BCUT2D eigenvalue weighted by atomic mass is 9.88. The van der Waals surface area contributed by atoms with E-state index in [1.807, 2.05) is 6.20 Å². The van der Waals surface area contributed by atoms with Gasteiger partial charge in [-0.2, -0.15) is 0 Å². The molecule has 0 bridgehead atoms. The molecule has 1 aromatic heterocycles. The summed E-state index contributed by atoms with van der Waals surface area (Å²) in [6.07, 6.45) is 4.28. The van der Waals surface area contributed by atoms with Crippen molar-refractivity contribution >= 4 is 5.82 Å². The van der Waals surface area contributed by atoms with Gasteiger partial charge in [-0.3, -0.25) is 0 Å². The van der Waals surface area contributed by atoms with Crippen molar-refractivity contribution in [3.63, 3.8) is 0 Å². The lowest BCUT2D eigenvalue weighted by Gasteiger charge is -2.28. The first-order chi connectivity index (χ1) is 7.49. The molecular formula is C13H18N2O. The second-order valence-electron chi connectivity index (χ2n) is 5.96. The second-order valence-corrected chi connectivity index (χ2v) is 5.96. The van der Waals surface area contributed by atoms with Gasteiger partial charge in [-0.1, -0.05) is 20.8 Å². The minimum absolute atomic E-state index is 0.0885. The molecule has 0 aromatic carbocycles. The summed E-state index contributed by atoms with van der Waals surface area (Å²) in [5.41, 5.74) is 1.44. The van der Waals surface area contributed by atoms with Crippen molar-refractivity contribution in [2.24, 2.45) is 0 Å². The summed E-state index contributed by atoms with van der Waals surface area (Å²) in [7, 11) is 0. The van der Waals surface area contributed by atoms with Crippen molar-refractivity contribution in [3.8, 4) is 5.75 Å². The van der Waals surface area contributed by atoms with Crippen LogP contribution in [0.2, 0.25) is 0 Å². The monoisotopic (exact) mass is 218 g/mol. The zero-order valence-electron chi connectivity index (χ0n) is 10.1. The van der Waals surface area contributed by atoms with Crippen molar-refractivity contribution in [3.05, 3.63) is 17.8 Å². The van der Waals surface area contributed by atoms with Crippen molar-refractivity contribution in [2.45, 2.75) is 44.6 Å². The third kappa shape index (κ3) is 1.55. The molecule has 1 aromatic rings. The normalized spacial score (nSPS) is 20.9. The molecular weight excluding hydrogens is 200 g/mol. The van der Waals surface area contributed by atoms with E-state index in [1.165, 1.54) is 18.4 Å². The first kappa shape index (κ1) is 9.94. The van der Waals surface area contributed by atoms with Gasteiger partial charge in [-0.05, 0) is 29.9 Å². The van der Waals surface area contributed by atoms with Gasteiger partial charge in [0, 0.05) is 6.20 Å². The first-order valence-electron chi connectivity index (χ1n) is 5.92. The molecule has 1 aliphatic heterocycles. The maximum atomic E-state index is 6.04. The van der Waals surface area contributed by atoms with Gasteiger partial charge in [-0.15, -0.1) is 0 Å². The fourth-order valence-corrected chi connectivity index (χ4v) is 2.00. The number of hydrogen-bond acceptors (Lipinski definition) is 3. The van der Waals surface area contributed by atoms with Gasteiger partial charge < -0.3 is 10.1 Å². The highest BCUT2D eigenvalue weighted by Crippen LogP contribution is 2.45. The van der Waals surface area contributed by atoms with Crippen LogP contribution in [0.25, 0.3) is 0 Å². The average Bonchev–Trinajstić information content (AvgIpc) is 2.95. The van der Waals surface area contributed by atoms with Crippen LogP contribution in [-0.2, 0) is 5.41 Å². The Balaban J connectivity index is 1.98. The molecule has 1 saturated carbocycles. The predicted molar refractivity (Wildman–Crippen MR) is 64.0 cm³/mol. The molecule has 0 saturated heterocycles. The Kier molecular flexibility index (Phi) is 1.80. The van der Waals surface area contributed by atoms with E-state index in [0.29, 0.717) is 0 Å². The van der Waals surface area contributed by atoms with Crippen molar-refractivity contribution in [1.82, 2.24) is 4.98 Å². The molecule has 2 heterocycles. The van der Waals surface area contributed by atoms with Gasteiger partial charge in [0.25, 0.3) is 0 Å². The zero-order valence-corrected chi connectivity index (χ0v) is 10.1. The maximum Gasteiger partial charge on any atom is 0.168 e. The number of nitrogens with one attached hydrogen (secondary N) is 1. The number of aromatic nitrogens is 1. The Morgan fingerprint density at radius 3 is 2.75 bits per heavy atom. The molecule has 86 valence electrons. The zero-order chi connectivity index (χ0) is 11.4. The van der Waals surface area contributed by atoms with Gasteiger partial charge in [0.2, 0.25) is 0 Å². The average molecular weight is 218 g/mol. The van der Waals surface area contributed by atoms with Crippen LogP contribution in [0.15, 0.2) is 12.3 Å². The number of anilines is 1. The Bertz CT molecular complexity index is 430. The van der Waals surface area contributed by atoms with Gasteiger partial charge in [0.05, 0.1) is 6.54 Å². The molecule has 1 spiro atoms. The van der Waals surface area contributed by atoms with Crippen molar-refractivity contribution in [1.29, 1.82) is 0 Å². The standard InChI is InChI=1S/C13H18N2O/c1-12(2,3)9-6-10-11(14-7-9)15-8-13(16-10)4-5-13/h6-7H,4-5,8H2,1-3H3,(H,14,15). The van der Waals surface area contributed by atoms with Crippen molar-refractivity contribution in [2.75, 3.05) is 11.9 Å². The van der Waals surface area contributed by atoms with Crippen LogP contribution in [0.4, 0.5) is 5.82 Å². The fraction of sp³-hybridized carbons (Fsp3) is 0.615. The predicted octanol–water partition coefficient (Wildman–Crippen LogP) is 2.72. The molecule has 3 nitrogen and oxygen atoms in total. The summed E-state index contributed by atoms with van der Waals surface area (Å²) in [6, 6.07) is 2.13. The van der Waals surface area contributed by atoms with E-state index in [0.717, 1.165) is 18.1 Å². The highest BCUT2D eigenvalue weighted by atomic mass is 16.5. The summed E-state index contributed by atoms with van der Waals surface area (Å²) in [5.74, 6) is 1.82. The summed E-state index contributed by atoms with van der Waals surface area (Å²) in [6.45, 7) is 7.49. The SMILES string of the molecule is CC(C)(C)c1cnc2c(c1)OC1(CC1)CN2. The van der Waals surface area contributed by atoms with E-state index >= 15 is 0 Å². The summed E-state index contributed by atoms with van der Waals surface area (Å²) < 4.78 is 6.04. The molecule has 1 aliphatic carbocycles. The highest BCUT2D eigenvalue weighted by molar-refractivity contribution is 5.55. The summed E-state index contributed by atoms with van der Waals surface area (Å²) in [5, 5.41) is 3.36. The van der Waals surface area contributed by atoms with Gasteiger partial charge in [0.15, 0.2) is 11.6 Å². The Morgan fingerprint density at radius 2 is 2.12 bits per heavy atom. The molecule has 2 aliphatic rings. The highest BCUT2D eigenvalue weighted by Gasteiger charge is 2.48. The number of ether oxygens (including phenoxy) is 1. The third-order valence-corrected chi connectivity index (χ3v) is 3.43. The quantitative estimate of drug-likeness (QED) is 0.727. The van der Waals surface area contributed by atoms with Gasteiger partial charge in [0.1, 0.15) is 5.60 Å². The van der Waals surface area contributed by atoms with Crippen LogP contribution in [0, 0.1) is 0 Å². The Labute approximate surface area is 96.2 Å². The first-order valence-corrected chi connectivity index (χ1v) is 5.92. The lowest BCUT2D eigenvalue weighted by molar-refractivity contribution is 0.182. The minimum atomic E-state index is 0.0885. The topological polar surface area (TPSA) is 34.1 Å². The minimum Gasteiger partial charge on any atom is -0.482 e. The van der Waals surface area contributed by atoms with E-state index in [2.05, 4.69) is 37.1 Å². The maximum absolute atomic E-state index is 6.04. The summed E-state index contributed by atoms with van der Waals surface area (Å²) in [4.78, 5) is 4.44. The number of nitrogens with zero attached hydrogens (tertiary/aromatic N) is 1. The Morgan fingerprint density at radius 1 is 1.38 bits per heavy atom. The smallest absolute Gasteiger partial charge is 0.168 e. The summed E-state index contributed by atoms with van der Waals surface area (Å²) >= 11 is 0.